The summed E-state index contributed by atoms with van der Waals surface area (Å²) < 4.78 is 13.2. The van der Waals surface area contributed by atoms with Crippen molar-refractivity contribution in [2.45, 2.75) is 55.9 Å². The molecule has 7 heteroatoms. The van der Waals surface area contributed by atoms with Crippen LogP contribution < -0.4 is 5.32 Å². The first-order valence-corrected chi connectivity index (χ1v) is 7.51. The van der Waals surface area contributed by atoms with Gasteiger partial charge in [0.15, 0.2) is 6.29 Å². The molecule has 1 saturated carbocycles. The van der Waals surface area contributed by atoms with Crippen molar-refractivity contribution in [3.8, 4) is 0 Å². The van der Waals surface area contributed by atoms with Crippen molar-refractivity contribution in [1.82, 2.24) is 15.1 Å². The van der Waals surface area contributed by atoms with Crippen molar-refractivity contribution in [1.29, 1.82) is 0 Å². The van der Waals surface area contributed by atoms with E-state index in [4.69, 9.17) is 21.1 Å². The zero-order valence-corrected chi connectivity index (χ0v) is 11.7. The molecule has 0 spiro atoms. The van der Waals surface area contributed by atoms with E-state index in [0.29, 0.717) is 17.7 Å². The van der Waals surface area contributed by atoms with E-state index in [1.165, 1.54) is 19.3 Å². The summed E-state index contributed by atoms with van der Waals surface area (Å²) in [7, 11) is 0. The third-order valence-corrected chi connectivity index (χ3v) is 4.73. The number of aliphatic hydroxyl groups is 1. The quantitative estimate of drug-likeness (QED) is 0.860. The molecule has 5 unspecified atom stereocenters. The number of halogens is 1. The minimum absolute atomic E-state index is 0.0853. The highest BCUT2D eigenvalue weighted by Gasteiger charge is 2.51. The number of hydrogen-bond donors (Lipinski definition) is 2. The minimum Gasteiger partial charge on any atom is -0.389 e. The summed E-state index contributed by atoms with van der Waals surface area (Å²) in [6, 6.07) is 0.00288. The zero-order valence-electron chi connectivity index (χ0n) is 11.0. The van der Waals surface area contributed by atoms with Gasteiger partial charge in [0, 0.05) is 12.2 Å². The summed E-state index contributed by atoms with van der Waals surface area (Å²) in [5.74, 6) is 0. The average molecular weight is 300 g/mol. The Morgan fingerprint density at radius 2 is 2.30 bits per heavy atom. The summed E-state index contributed by atoms with van der Waals surface area (Å²) in [6.45, 7) is 0.512. The summed E-state index contributed by atoms with van der Waals surface area (Å²) in [5, 5.41) is 19.0. The first-order valence-electron chi connectivity index (χ1n) is 7.13. The Bertz CT molecular complexity index is 493. The predicted octanol–water partition coefficient (Wildman–Crippen LogP) is 0.704. The fourth-order valence-corrected chi connectivity index (χ4v) is 3.36. The van der Waals surface area contributed by atoms with Gasteiger partial charge in [0.1, 0.15) is 12.1 Å². The number of hydrogen-bond acceptors (Lipinski definition) is 5. The highest BCUT2D eigenvalue weighted by atomic mass is 35.5. The van der Waals surface area contributed by atoms with Gasteiger partial charge in [0.05, 0.1) is 30.0 Å². The van der Waals surface area contributed by atoms with Gasteiger partial charge in [-0.05, 0) is 12.8 Å². The molecule has 2 aliphatic heterocycles. The van der Waals surface area contributed by atoms with Crippen molar-refractivity contribution >= 4 is 11.6 Å². The first-order chi connectivity index (χ1) is 9.72. The first kappa shape index (κ1) is 13.0. The van der Waals surface area contributed by atoms with Crippen LogP contribution in [0.3, 0.4) is 0 Å². The van der Waals surface area contributed by atoms with Gasteiger partial charge in [-0.1, -0.05) is 18.0 Å². The Balaban J connectivity index is 1.58. The number of aromatic nitrogens is 2. The molecule has 1 aromatic heterocycles. The summed E-state index contributed by atoms with van der Waals surface area (Å²) in [5.41, 5.74) is 0. The molecule has 0 aromatic carbocycles. The van der Waals surface area contributed by atoms with E-state index in [1.54, 1.807) is 17.1 Å². The van der Waals surface area contributed by atoms with E-state index >= 15 is 0 Å². The second kappa shape index (κ2) is 4.96. The fourth-order valence-electron chi connectivity index (χ4n) is 3.21. The van der Waals surface area contributed by atoms with Crippen LogP contribution in [0.5, 0.6) is 0 Å². The van der Waals surface area contributed by atoms with Crippen LogP contribution in [0.2, 0.25) is 5.02 Å². The Morgan fingerprint density at radius 3 is 2.95 bits per heavy atom. The number of ether oxygens (including phenoxy) is 2. The molecule has 2 N–H and O–H groups in total. The van der Waals surface area contributed by atoms with Crippen LogP contribution in [0.15, 0.2) is 12.4 Å². The Hall–Kier alpha value is -0.660. The lowest BCUT2D eigenvalue weighted by Gasteiger charge is -2.42. The molecule has 3 heterocycles. The molecule has 0 radical (unpaired) electrons. The maximum absolute atomic E-state index is 10.7. The van der Waals surface area contributed by atoms with E-state index < -0.39 is 12.4 Å². The minimum atomic E-state index is -0.599. The summed E-state index contributed by atoms with van der Waals surface area (Å²) in [6.07, 6.45) is 5.70. The molecule has 1 aliphatic carbocycles. The van der Waals surface area contributed by atoms with Gasteiger partial charge in [0.2, 0.25) is 0 Å². The van der Waals surface area contributed by atoms with E-state index in [1.807, 2.05) is 0 Å². The zero-order chi connectivity index (χ0) is 13.7. The van der Waals surface area contributed by atoms with Crippen molar-refractivity contribution in [3.63, 3.8) is 0 Å². The second-order valence-corrected chi connectivity index (χ2v) is 6.25. The molecule has 4 rings (SSSR count). The second-order valence-electron chi connectivity index (χ2n) is 5.82. The number of aliphatic hydroxyl groups excluding tert-OH is 1. The molecular weight excluding hydrogens is 282 g/mol. The van der Waals surface area contributed by atoms with E-state index in [2.05, 4.69) is 10.4 Å². The third-order valence-electron chi connectivity index (χ3n) is 4.54. The van der Waals surface area contributed by atoms with Crippen LogP contribution in [0, 0.1) is 0 Å². The number of nitrogens with one attached hydrogen (secondary N) is 1. The smallest absolute Gasteiger partial charge is 0.183 e. The summed E-state index contributed by atoms with van der Waals surface area (Å²) >= 11 is 5.92. The highest BCUT2D eigenvalue weighted by molar-refractivity contribution is 6.30. The molecule has 20 heavy (non-hydrogen) atoms. The Labute approximate surface area is 122 Å². The van der Waals surface area contributed by atoms with Gasteiger partial charge in [0.25, 0.3) is 0 Å². The van der Waals surface area contributed by atoms with Crippen LogP contribution in [0.4, 0.5) is 0 Å². The molecule has 2 bridgehead atoms. The predicted molar refractivity (Wildman–Crippen MR) is 71.5 cm³/mol. The van der Waals surface area contributed by atoms with Gasteiger partial charge < -0.3 is 19.9 Å². The van der Waals surface area contributed by atoms with E-state index in [0.717, 1.165) is 0 Å². The lowest BCUT2D eigenvalue weighted by molar-refractivity contribution is -0.169. The van der Waals surface area contributed by atoms with Crippen LogP contribution in [0.25, 0.3) is 0 Å². The molecule has 3 aliphatic rings. The molecule has 110 valence electrons. The Kier molecular flexibility index (Phi) is 3.23. The fraction of sp³-hybridized carbons (Fsp3) is 0.769. The molecule has 2 saturated heterocycles. The van der Waals surface area contributed by atoms with Crippen molar-refractivity contribution in [2.24, 2.45) is 0 Å². The van der Waals surface area contributed by atoms with Crippen LogP contribution in [0.1, 0.15) is 25.3 Å². The number of rotatable bonds is 3. The van der Waals surface area contributed by atoms with Crippen molar-refractivity contribution < 1.29 is 14.6 Å². The van der Waals surface area contributed by atoms with Gasteiger partial charge >= 0.3 is 0 Å². The number of fused-ring (bicyclic) bond motifs is 2. The van der Waals surface area contributed by atoms with E-state index in [-0.39, 0.29) is 18.2 Å². The third kappa shape index (κ3) is 2.07. The highest BCUT2D eigenvalue weighted by Crippen LogP contribution is 2.36. The van der Waals surface area contributed by atoms with Gasteiger partial charge in [-0.2, -0.15) is 5.10 Å². The van der Waals surface area contributed by atoms with Crippen molar-refractivity contribution in [3.05, 3.63) is 17.4 Å². The standard InChI is InChI=1S/C13H18ClN3O3/c14-7-4-15-17(5-7)11-12(18)10(16-8-2-1-3-8)9-6-19-13(11)20-9/h4-5,8-13,16,18H,1-3,6H2. The molecular formula is C13H18ClN3O3. The monoisotopic (exact) mass is 299 g/mol. The normalized spacial score (nSPS) is 40.8. The van der Waals surface area contributed by atoms with Crippen molar-refractivity contribution in [2.75, 3.05) is 6.61 Å². The van der Waals surface area contributed by atoms with Gasteiger partial charge in [-0.3, -0.25) is 4.68 Å². The van der Waals surface area contributed by atoms with Crippen LogP contribution in [-0.2, 0) is 9.47 Å². The number of nitrogens with zero attached hydrogens (tertiary/aromatic N) is 2. The molecule has 0 amide bonds. The average Bonchev–Trinajstić information content (AvgIpc) is 2.96. The SMILES string of the molecule is OC1C(NC2CCC2)C2COC(O2)C1n1cc(Cl)cn1. The van der Waals surface area contributed by atoms with Crippen LogP contribution >= 0.6 is 11.6 Å². The lowest BCUT2D eigenvalue weighted by atomic mass is 9.89. The maximum Gasteiger partial charge on any atom is 0.183 e. The summed E-state index contributed by atoms with van der Waals surface area (Å²) in [4.78, 5) is 0. The topological polar surface area (TPSA) is 68.5 Å². The molecule has 5 atom stereocenters. The maximum atomic E-state index is 10.7. The van der Waals surface area contributed by atoms with Gasteiger partial charge in [-0.25, -0.2) is 0 Å². The Morgan fingerprint density at radius 1 is 1.45 bits per heavy atom. The van der Waals surface area contributed by atoms with Gasteiger partial charge in [-0.15, -0.1) is 0 Å². The lowest BCUT2D eigenvalue weighted by Crippen LogP contribution is -2.60. The largest absolute Gasteiger partial charge is 0.389 e. The molecule has 3 fully saturated rings. The van der Waals surface area contributed by atoms with E-state index in [9.17, 15) is 5.11 Å². The molecule has 6 nitrogen and oxygen atoms in total. The molecule has 1 aromatic rings. The van der Waals surface area contributed by atoms with Crippen LogP contribution in [-0.4, -0.2) is 52.1 Å².